The maximum Gasteiger partial charge on any atom is 0.0870 e. The van der Waals surface area contributed by atoms with E-state index in [1.807, 2.05) is 18.2 Å². The first kappa shape index (κ1) is 15.0. The summed E-state index contributed by atoms with van der Waals surface area (Å²) >= 11 is 5.88. The SMILES string of the molecule is Cc1ccc(C(CN)C(O)c2ccc(Cl)cc2)cc1C. The highest BCUT2D eigenvalue weighted by atomic mass is 35.5. The largest absolute Gasteiger partial charge is 0.388 e. The van der Waals surface area contributed by atoms with E-state index in [-0.39, 0.29) is 5.92 Å². The molecule has 0 radical (unpaired) electrons. The van der Waals surface area contributed by atoms with Crippen LogP contribution in [0.1, 0.15) is 34.3 Å². The van der Waals surface area contributed by atoms with E-state index in [0.717, 1.165) is 11.1 Å². The van der Waals surface area contributed by atoms with Crippen LogP contribution in [-0.4, -0.2) is 11.7 Å². The molecule has 2 unspecified atom stereocenters. The molecule has 0 aromatic heterocycles. The Kier molecular flexibility index (Phi) is 4.81. The zero-order valence-corrected chi connectivity index (χ0v) is 12.6. The number of benzene rings is 2. The zero-order chi connectivity index (χ0) is 14.7. The topological polar surface area (TPSA) is 46.2 Å². The summed E-state index contributed by atoms with van der Waals surface area (Å²) in [5.74, 6) is -0.115. The molecule has 2 aromatic carbocycles. The molecule has 2 atom stereocenters. The summed E-state index contributed by atoms with van der Waals surface area (Å²) in [5, 5.41) is 11.2. The lowest BCUT2D eigenvalue weighted by Crippen LogP contribution is -2.20. The van der Waals surface area contributed by atoms with Crippen molar-refractivity contribution >= 4 is 11.6 Å². The number of halogens is 1. The first-order chi connectivity index (χ1) is 9.52. The third kappa shape index (κ3) is 3.21. The predicted molar refractivity (Wildman–Crippen MR) is 84.1 cm³/mol. The molecule has 0 saturated carbocycles. The minimum Gasteiger partial charge on any atom is -0.388 e. The van der Waals surface area contributed by atoms with E-state index in [9.17, 15) is 5.11 Å². The van der Waals surface area contributed by atoms with E-state index in [1.54, 1.807) is 12.1 Å². The summed E-state index contributed by atoms with van der Waals surface area (Å²) in [4.78, 5) is 0. The molecule has 3 heteroatoms. The fourth-order valence-electron chi connectivity index (χ4n) is 2.33. The molecule has 0 aliphatic rings. The Morgan fingerprint density at radius 1 is 1.00 bits per heavy atom. The molecule has 0 bridgehead atoms. The number of rotatable bonds is 4. The summed E-state index contributed by atoms with van der Waals surface area (Å²) in [6.07, 6.45) is -0.626. The van der Waals surface area contributed by atoms with Crippen molar-refractivity contribution in [1.82, 2.24) is 0 Å². The van der Waals surface area contributed by atoms with Gasteiger partial charge in [0.2, 0.25) is 0 Å². The lowest BCUT2D eigenvalue weighted by Gasteiger charge is -2.23. The van der Waals surface area contributed by atoms with Gasteiger partial charge in [0.25, 0.3) is 0 Å². The lowest BCUT2D eigenvalue weighted by molar-refractivity contribution is 0.147. The van der Waals surface area contributed by atoms with Gasteiger partial charge < -0.3 is 10.8 Å². The van der Waals surface area contributed by atoms with Gasteiger partial charge in [0.05, 0.1) is 6.10 Å². The molecular weight excluding hydrogens is 270 g/mol. The van der Waals surface area contributed by atoms with Crippen molar-refractivity contribution in [2.24, 2.45) is 5.73 Å². The second kappa shape index (κ2) is 6.40. The molecular formula is C17H20ClNO. The molecule has 20 heavy (non-hydrogen) atoms. The van der Waals surface area contributed by atoms with Crippen molar-refractivity contribution in [1.29, 1.82) is 0 Å². The predicted octanol–water partition coefficient (Wildman–Crippen LogP) is 3.73. The van der Waals surface area contributed by atoms with Gasteiger partial charge in [-0.3, -0.25) is 0 Å². The van der Waals surface area contributed by atoms with Crippen LogP contribution in [0.5, 0.6) is 0 Å². The molecule has 0 amide bonds. The van der Waals surface area contributed by atoms with Crippen LogP contribution in [0.2, 0.25) is 5.02 Å². The van der Waals surface area contributed by atoms with Crippen molar-refractivity contribution in [3.05, 3.63) is 69.7 Å². The normalized spacial score (nSPS) is 14.1. The van der Waals surface area contributed by atoms with E-state index in [2.05, 4.69) is 26.0 Å². The minimum absolute atomic E-state index is 0.115. The van der Waals surface area contributed by atoms with Gasteiger partial charge in [-0.05, 0) is 48.2 Å². The molecule has 106 valence electrons. The van der Waals surface area contributed by atoms with E-state index in [1.165, 1.54) is 11.1 Å². The third-order valence-corrected chi connectivity index (χ3v) is 4.06. The minimum atomic E-state index is -0.626. The second-order valence-corrected chi connectivity index (χ2v) is 5.62. The Balaban J connectivity index is 2.31. The zero-order valence-electron chi connectivity index (χ0n) is 11.8. The molecule has 2 aromatic rings. The first-order valence-corrected chi connectivity index (χ1v) is 7.11. The van der Waals surface area contributed by atoms with Gasteiger partial charge in [0.15, 0.2) is 0 Å². The van der Waals surface area contributed by atoms with Crippen molar-refractivity contribution in [2.45, 2.75) is 25.9 Å². The highest BCUT2D eigenvalue weighted by molar-refractivity contribution is 6.30. The molecule has 0 heterocycles. The highest BCUT2D eigenvalue weighted by Crippen LogP contribution is 2.31. The fraction of sp³-hybridized carbons (Fsp3) is 0.294. The summed E-state index contributed by atoms with van der Waals surface area (Å²) in [6.45, 7) is 4.54. The maximum absolute atomic E-state index is 10.6. The number of hydrogen-bond acceptors (Lipinski definition) is 2. The summed E-state index contributed by atoms with van der Waals surface area (Å²) in [7, 11) is 0. The van der Waals surface area contributed by atoms with Crippen LogP contribution in [0.4, 0.5) is 0 Å². The number of hydrogen-bond donors (Lipinski definition) is 2. The number of aryl methyl sites for hydroxylation is 2. The molecule has 2 nitrogen and oxygen atoms in total. The van der Waals surface area contributed by atoms with Crippen molar-refractivity contribution in [3.8, 4) is 0 Å². The Morgan fingerprint density at radius 2 is 1.60 bits per heavy atom. The lowest BCUT2D eigenvalue weighted by atomic mass is 9.88. The van der Waals surface area contributed by atoms with Crippen molar-refractivity contribution in [3.63, 3.8) is 0 Å². The Hall–Kier alpha value is -1.35. The molecule has 3 N–H and O–H groups in total. The number of nitrogens with two attached hydrogens (primary N) is 1. The van der Waals surface area contributed by atoms with Crippen LogP contribution in [0.25, 0.3) is 0 Å². The number of aliphatic hydroxyl groups is 1. The summed E-state index contributed by atoms with van der Waals surface area (Å²) in [5.41, 5.74) is 10.2. The van der Waals surface area contributed by atoms with Gasteiger partial charge in [-0.15, -0.1) is 0 Å². The third-order valence-electron chi connectivity index (χ3n) is 3.81. The quantitative estimate of drug-likeness (QED) is 0.901. The molecule has 0 saturated heterocycles. The van der Waals surface area contributed by atoms with Crippen LogP contribution < -0.4 is 5.73 Å². The maximum atomic E-state index is 10.6. The molecule has 0 fully saturated rings. The summed E-state index contributed by atoms with van der Waals surface area (Å²) < 4.78 is 0. The van der Waals surface area contributed by atoms with Gasteiger partial charge in [-0.1, -0.05) is 41.9 Å². The van der Waals surface area contributed by atoms with Gasteiger partial charge >= 0.3 is 0 Å². The first-order valence-electron chi connectivity index (χ1n) is 6.73. The van der Waals surface area contributed by atoms with Gasteiger partial charge in [-0.25, -0.2) is 0 Å². The Morgan fingerprint density at radius 3 is 2.15 bits per heavy atom. The van der Waals surface area contributed by atoms with Crippen LogP contribution >= 0.6 is 11.6 Å². The average molecular weight is 290 g/mol. The second-order valence-electron chi connectivity index (χ2n) is 5.18. The van der Waals surface area contributed by atoms with Gasteiger partial charge in [0, 0.05) is 17.5 Å². The van der Waals surface area contributed by atoms with Crippen LogP contribution in [-0.2, 0) is 0 Å². The molecule has 2 rings (SSSR count). The molecule has 0 aliphatic heterocycles. The highest BCUT2D eigenvalue weighted by Gasteiger charge is 2.21. The molecule has 0 spiro atoms. The van der Waals surface area contributed by atoms with Crippen LogP contribution in [0.15, 0.2) is 42.5 Å². The monoisotopic (exact) mass is 289 g/mol. The van der Waals surface area contributed by atoms with Crippen LogP contribution in [0.3, 0.4) is 0 Å². The number of aliphatic hydroxyl groups excluding tert-OH is 1. The fourth-order valence-corrected chi connectivity index (χ4v) is 2.46. The van der Waals surface area contributed by atoms with Crippen molar-refractivity contribution in [2.75, 3.05) is 6.54 Å². The van der Waals surface area contributed by atoms with E-state index >= 15 is 0 Å². The van der Waals surface area contributed by atoms with Crippen molar-refractivity contribution < 1.29 is 5.11 Å². The van der Waals surface area contributed by atoms with Crippen LogP contribution in [0, 0.1) is 13.8 Å². The average Bonchev–Trinajstić information content (AvgIpc) is 2.44. The van der Waals surface area contributed by atoms with E-state index in [0.29, 0.717) is 11.6 Å². The molecule has 0 aliphatic carbocycles. The Bertz CT molecular complexity index is 580. The Labute approximate surface area is 125 Å². The van der Waals surface area contributed by atoms with Gasteiger partial charge in [0.1, 0.15) is 0 Å². The van der Waals surface area contributed by atoms with E-state index in [4.69, 9.17) is 17.3 Å². The van der Waals surface area contributed by atoms with Gasteiger partial charge in [-0.2, -0.15) is 0 Å². The standard InChI is InChI=1S/C17H20ClNO/c1-11-3-4-14(9-12(11)2)16(10-19)17(20)13-5-7-15(18)8-6-13/h3-9,16-17,20H,10,19H2,1-2H3. The summed E-state index contributed by atoms with van der Waals surface area (Å²) in [6, 6.07) is 13.5. The van der Waals surface area contributed by atoms with E-state index < -0.39 is 6.10 Å². The smallest absolute Gasteiger partial charge is 0.0870 e.